The van der Waals surface area contributed by atoms with Crippen molar-refractivity contribution in [2.75, 3.05) is 26.4 Å². The van der Waals surface area contributed by atoms with Gasteiger partial charge in [0, 0.05) is 36.1 Å². The summed E-state index contributed by atoms with van der Waals surface area (Å²) in [5.74, 6) is -22.5. The van der Waals surface area contributed by atoms with Gasteiger partial charge in [-0.2, -0.15) is 0 Å². The van der Waals surface area contributed by atoms with Crippen LogP contribution >= 0.6 is 15.9 Å². The van der Waals surface area contributed by atoms with E-state index in [0.29, 0.717) is 26.7 Å². The molecule has 20 atom stereocenters. The first-order chi connectivity index (χ1) is 55.9. The Kier molecular flexibility index (Phi) is 35.0. The number of hydrogen-bond donors (Lipinski definition) is 24. The minimum atomic E-state index is -2.75. The summed E-state index contributed by atoms with van der Waals surface area (Å²) in [6.45, 7) is -1.43. The van der Waals surface area contributed by atoms with Gasteiger partial charge in [0.25, 0.3) is 5.91 Å². The smallest absolute Gasteiger partial charge is 0.326 e. The fourth-order valence-corrected chi connectivity index (χ4v) is 12.9. The number of rotatable bonds is 17. The minimum Gasteiger partial charge on any atom is -0.480 e. The molecule has 1 fully saturated rings. The number of halogens is 1. The van der Waals surface area contributed by atoms with Crippen LogP contribution in [0.25, 0.3) is 6.08 Å². The number of benzene rings is 3. The molecule has 0 spiro atoms. The van der Waals surface area contributed by atoms with E-state index in [2.05, 4.69) is 74.4 Å². The molecule has 14 amide bonds. The highest BCUT2D eigenvalue weighted by atomic mass is 79.9. The second-order valence-electron chi connectivity index (χ2n) is 28.4. The number of aromatic nitrogens is 2. The lowest BCUT2D eigenvalue weighted by atomic mass is 9.92. The van der Waals surface area contributed by atoms with Gasteiger partial charge in [-0.05, 0) is 55.5 Å². The standard InChI is InChI=1S/C75H97BrN16O26/c1-35(17-18-38-11-6-4-7-12-38)23-51(96)44-27-56(101)81-49(31-93)68(110)86-48-30-91-29-42(92(34-91)74-62(104)60(102)53(98)33-118-74)25-46(65(107)89-58(37(3)95)72(114)87-50(32-94)69(111)84-45(64(106)83-44)24-39-13-8-5-9-14-39)80-55(100)16-10-15-43(75(116)117)82-70(112)52(97)28-79-71(113)57(36(2)40-19-21-41(76)22-20-40)88-73(115)59(61(103)63(78)105)90-66(108)47(26-54(77)99)85-67(48)109/h4-9,11-14,17-23,29,34,36-37,43-53,57-62,74,93-98,102-104H,10,15-16,24-28,30-33H2,1-3H3,(H16-,77,78,79,80,81,82,83,84,85,86,87,88,89,90,99,100,101,105,106,107,108,109,110,111,112,113,114,115,116,117)/p+1/b18-17+,35-23+/t36-,37+,43-,44-,45-,46-,47-,48+,49-,50-,51-,52+,53+,57-,58-,59-,60+,61+,62-,74-/m0/s1. The average molecular weight is 1720 g/mol. The van der Waals surface area contributed by atoms with E-state index in [1.54, 1.807) is 79.7 Å². The van der Waals surface area contributed by atoms with Crippen LogP contribution in [0.4, 0.5) is 0 Å². The first-order valence-corrected chi connectivity index (χ1v) is 38.0. The Morgan fingerprint density at radius 3 is 1.82 bits per heavy atom. The number of carboxylic acid groups (broad SMARTS) is 1. The molecule has 43 heteroatoms. The second kappa shape index (κ2) is 44.2. The lowest BCUT2D eigenvalue weighted by molar-refractivity contribution is -0.780. The summed E-state index contributed by atoms with van der Waals surface area (Å²) < 4.78 is 8.30. The van der Waals surface area contributed by atoms with E-state index in [0.717, 1.165) is 28.6 Å². The topological polar surface area (TPSA) is 673 Å². The number of carbonyl (C=O) groups is 15. The Balaban J connectivity index is 1.43. The molecule has 1 saturated heterocycles. The molecule has 7 rings (SSSR count). The second-order valence-corrected chi connectivity index (χ2v) is 29.3. The summed E-state index contributed by atoms with van der Waals surface area (Å²) in [6.07, 6.45) is -15.5. The fourth-order valence-electron chi connectivity index (χ4n) is 12.7. The van der Waals surface area contributed by atoms with Crippen LogP contribution in [0.3, 0.4) is 0 Å². The number of carbonyl (C=O) groups excluding carboxylic acids is 14. The molecule has 4 aromatic rings. The lowest BCUT2D eigenvalue weighted by Crippen LogP contribution is -2.64. The third-order valence-corrected chi connectivity index (χ3v) is 19.8. The maximum Gasteiger partial charge on any atom is 0.326 e. The Bertz CT molecular complexity index is 4330. The van der Waals surface area contributed by atoms with Crippen molar-refractivity contribution >= 4 is 111 Å². The monoisotopic (exact) mass is 1720 g/mol. The van der Waals surface area contributed by atoms with Crippen molar-refractivity contribution in [3.8, 4) is 0 Å². The number of hydrogen-bond acceptors (Lipinski definition) is 25. The number of nitrogens with zero attached hydrogens (tertiary/aromatic N) is 2. The van der Waals surface area contributed by atoms with Crippen molar-refractivity contribution in [2.24, 2.45) is 11.5 Å². The van der Waals surface area contributed by atoms with Crippen LogP contribution < -0.4 is 79.8 Å². The molecular weight excluding hydrogens is 1620 g/mol. The first kappa shape index (κ1) is 93.6. The van der Waals surface area contributed by atoms with Crippen molar-refractivity contribution < 1.29 is 132 Å². The number of nitrogens with one attached hydrogen (secondary N) is 12. The summed E-state index contributed by atoms with van der Waals surface area (Å²) in [6, 6.07) is -0.250. The summed E-state index contributed by atoms with van der Waals surface area (Å²) in [5, 5.41) is 138. The zero-order chi connectivity index (χ0) is 86.9. The van der Waals surface area contributed by atoms with Gasteiger partial charge in [0.1, 0.15) is 103 Å². The Labute approximate surface area is 681 Å². The van der Waals surface area contributed by atoms with Crippen molar-refractivity contribution in [3.63, 3.8) is 0 Å². The van der Waals surface area contributed by atoms with Crippen LogP contribution in [-0.2, 0) is 96.0 Å². The molecule has 0 aliphatic carbocycles. The van der Waals surface area contributed by atoms with Crippen LogP contribution in [0.1, 0.15) is 87.4 Å². The van der Waals surface area contributed by atoms with E-state index < -0.39 is 281 Å². The fraction of sp³-hybridized carbons (Fsp3) is 0.467. The van der Waals surface area contributed by atoms with Crippen LogP contribution in [0.2, 0.25) is 0 Å². The van der Waals surface area contributed by atoms with Gasteiger partial charge in [0.05, 0.1) is 51.0 Å². The Morgan fingerprint density at radius 1 is 0.619 bits per heavy atom. The molecule has 1 aromatic heterocycles. The summed E-state index contributed by atoms with van der Waals surface area (Å²) in [4.78, 5) is 214. The van der Waals surface area contributed by atoms with Gasteiger partial charge < -0.3 is 131 Å². The van der Waals surface area contributed by atoms with Gasteiger partial charge >= 0.3 is 5.97 Å². The molecule has 4 bridgehead atoms. The SMILES string of the molecule is CC(/C=C/c1ccccc1)=C\[C@H](O)[C@@H]1CC(=O)N[C@@H](CO)C(=O)N[C@@H]2Cn3cc([n+]([C@H]4OC[C@@H](O)[C@@H](O)[C@@H]4O)c3)C[C@H](NC(=O)CCC[C@@H](C(=O)O)NC(=O)[C@H](O)CNC(=O)[C@H]([C@@H](C)c3ccc(Br)cc3)NC(=O)[C@H]([C@@H](O)C(N)=O)NC(=O)[C@H](CC(N)=O)NC2=O)C(=O)N[C@@H]([C@@H](C)O)C(=O)N[C@@H](CO)C(=O)N[C@@H](Cc2ccccc2)C(=O)N1. The average Bonchev–Trinajstić information content (AvgIpc) is 1.60. The molecule has 42 nitrogen and oxygen atoms in total. The number of nitrogens with two attached hydrogens (primary N) is 2. The molecule has 0 saturated carbocycles. The predicted octanol–water partition coefficient (Wildman–Crippen LogP) is -9.67. The number of ether oxygens (including phenoxy) is 1. The van der Waals surface area contributed by atoms with Crippen LogP contribution in [0.5, 0.6) is 0 Å². The van der Waals surface area contributed by atoms with Crippen LogP contribution in [-0.4, -0.2) is 280 Å². The number of carboxylic acids is 1. The van der Waals surface area contributed by atoms with Gasteiger partial charge in [-0.3, -0.25) is 67.1 Å². The number of β-amino-alcohol motifs (C(OH)–C–C–N with tert-alkyl or cyclic N) is 1. The van der Waals surface area contributed by atoms with Gasteiger partial charge in [0.2, 0.25) is 89.3 Å². The molecule has 3 aromatic carbocycles. The van der Waals surface area contributed by atoms with Crippen molar-refractivity contribution in [2.45, 2.75) is 194 Å². The summed E-state index contributed by atoms with van der Waals surface area (Å²) in [7, 11) is 0. The van der Waals surface area contributed by atoms with Crippen LogP contribution in [0, 0.1) is 0 Å². The van der Waals surface area contributed by atoms with E-state index in [9.17, 15) is 113 Å². The van der Waals surface area contributed by atoms with E-state index in [-0.39, 0.29) is 12.1 Å². The highest BCUT2D eigenvalue weighted by Gasteiger charge is 2.46. The molecule has 26 N–H and O–H groups in total. The molecule has 3 aliphatic heterocycles. The van der Waals surface area contributed by atoms with Gasteiger partial charge in [-0.25, -0.2) is 13.9 Å². The molecule has 0 unspecified atom stereocenters. The predicted molar refractivity (Wildman–Crippen MR) is 411 cm³/mol. The molecule has 640 valence electrons. The molecule has 0 radical (unpaired) electrons. The minimum absolute atomic E-state index is 0.295. The number of imidazole rings is 1. The largest absolute Gasteiger partial charge is 0.480 e. The number of aliphatic carboxylic acids is 1. The maximum atomic E-state index is 15.3. The van der Waals surface area contributed by atoms with Crippen molar-refractivity contribution in [1.29, 1.82) is 0 Å². The quantitative estimate of drug-likeness (QED) is 0.0345. The number of allylic oxidation sites excluding steroid dienone is 2. The Morgan fingerprint density at radius 2 is 1.19 bits per heavy atom. The van der Waals surface area contributed by atoms with E-state index >= 15 is 9.59 Å². The van der Waals surface area contributed by atoms with Gasteiger partial charge in [-0.15, -0.1) is 0 Å². The normalized spacial score (nSPS) is 28.0. The summed E-state index contributed by atoms with van der Waals surface area (Å²) >= 11 is 3.29. The zero-order valence-electron chi connectivity index (χ0n) is 63.9. The van der Waals surface area contributed by atoms with Crippen LogP contribution in [0.15, 0.2) is 120 Å². The zero-order valence-corrected chi connectivity index (χ0v) is 65.5. The number of primary amides is 2. The highest BCUT2D eigenvalue weighted by Crippen LogP contribution is 2.25. The molecule has 118 heavy (non-hydrogen) atoms. The first-order valence-electron chi connectivity index (χ1n) is 37.2. The Hall–Kier alpha value is -11.5. The molecule has 3 aliphatic rings. The van der Waals surface area contributed by atoms with Crippen molar-refractivity contribution in [3.05, 3.63) is 142 Å². The lowest BCUT2D eigenvalue weighted by Gasteiger charge is -2.33. The van der Waals surface area contributed by atoms with E-state index in [1.165, 1.54) is 37.3 Å². The van der Waals surface area contributed by atoms with Crippen molar-refractivity contribution in [1.82, 2.24) is 68.4 Å². The van der Waals surface area contributed by atoms with Gasteiger partial charge in [0.15, 0.2) is 6.10 Å². The summed E-state index contributed by atoms with van der Waals surface area (Å²) in [5.41, 5.74) is 12.5. The van der Waals surface area contributed by atoms with Gasteiger partial charge in [-0.1, -0.05) is 119 Å². The third kappa shape index (κ3) is 27.0. The number of aliphatic hydroxyl groups is 9. The maximum absolute atomic E-state index is 15.3. The highest BCUT2D eigenvalue weighted by molar-refractivity contribution is 9.10. The molecule has 4 heterocycles. The van der Waals surface area contributed by atoms with E-state index in [1.807, 2.05) is 5.32 Å². The number of fused-ring (bicyclic) bond motifs is 2. The third-order valence-electron chi connectivity index (χ3n) is 19.3. The van der Waals surface area contributed by atoms with E-state index in [4.69, 9.17) is 16.2 Å². The number of amides is 14. The molecular formula is C75H98BrN16O26+. The number of aliphatic hydroxyl groups excluding tert-OH is 9.